The average Bonchev–Trinajstić information content (AvgIpc) is 3.35. The fraction of sp³-hybridized carbons (Fsp3) is 0.321. The molecular formula is C28H28N4O2S. The number of nitrogens with one attached hydrogen (secondary N) is 2. The van der Waals surface area contributed by atoms with Crippen LogP contribution in [0.4, 0.5) is 0 Å². The molecule has 35 heavy (non-hydrogen) atoms. The van der Waals surface area contributed by atoms with Crippen LogP contribution in [0.25, 0.3) is 11.1 Å². The SMILES string of the molecule is COC1(c2ccc(C3C(=O)N(C)C(=N)N[C@]3(C)c3cc(-c4cccc(C#N)c4)cs3)cc2)CCC1. The van der Waals surface area contributed by atoms with E-state index in [0.717, 1.165) is 46.4 Å². The largest absolute Gasteiger partial charge is 0.374 e. The number of amides is 1. The van der Waals surface area contributed by atoms with Gasteiger partial charge in [-0.25, -0.2) is 0 Å². The number of carbonyl (C=O) groups excluding carboxylic acids is 1. The van der Waals surface area contributed by atoms with E-state index < -0.39 is 11.5 Å². The Morgan fingerprint density at radius 3 is 2.54 bits per heavy atom. The quantitative estimate of drug-likeness (QED) is 0.514. The van der Waals surface area contributed by atoms with Crippen LogP contribution in [-0.4, -0.2) is 30.9 Å². The minimum atomic E-state index is -0.798. The first-order chi connectivity index (χ1) is 16.8. The lowest BCUT2D eigenvalue weighted by Crippen LogP contribution is -2.62. The average molecular weight is 485 g/mol. The predicted octanol–water partition coefficient (Wildman–Crippen LogP) is 5.31. The van der Waals surface area contributed by atoms with E-state index in [9.17, 15) is 10.1 Å². The van der Waals surface area contributed by atoms with Crippen LogP contribution in [0.2, 0.25) is 0 Å². The van der Waals surface area contributed by atoms with Crippen molar-refractivity contribution in [3.05, 3.63) is 81.5 Å². The molecule has 2 aromatic carbocycles. The van der Waals surface area contributed by atoms with Crippen LogP contribution in [0.1, 0.15) is 53.7 Å². The molecule has 1 unspecified atom stereocenters. The number of nitriles is 1. The molecule has 0 radical (unpaired) electrons. The molecule has 2 fully saturated rings. The molecule has 1 saturated heterocycles. The number of rotatable bonds is 5. The first-order valence-electron chi connectivity index (χ1n) is 11.7. The Bertz CT molecular complexity index is 1330. The van der Waals surface area contributed by atoms with Crippen LogP contribution in [0.5, 0.6) is 0 Å². The van der Waals surface area contributed by atoms with Crippen molar-refractivity contribution in [3.63, 3.8) is 0 Å². The second-order valence-electron chi connectivity index (χ2n) is 9.57. The number of hydrogen-bond acceptors (Lipinski definition) is 5. The van der Waals surface area contributed by atoms with Gasteiger partial charge >= 0.3 is 0 Å². The summed E-state index contributed by atoms with van der Waals surface area (Å²) in [4.78, 5) is 15.9. The molecule has 1 saturated carbocycles. The molecule has 0 bridgehead atoms. The highest BCUT2D eigenvalue weighted by Gasteiger charge is 2.49. The summed E-state index contributed by atoms with van der Waals surface area (Å²) in [5.74, 6) is -0.539. The zero-order valence-corrected chi connectivity index (χ0v) is 20.9. The third kappa shape index (κ3) is 3.74. The van der Waals surface area contributed by atoms with Crippen molar-refractivity contribution in [2.45, 2.75) is 43.2 Å². The van der Waals surface area contributed by atoms with E-state index in [1.165, 1.54) is 4.90 Å². The van der Waals surface area contributed by atoms with Gasteiger partial charge in [0, 0.05) is 19.0 Å². The minimum Gasteiger partial charge on any atom is -0.374 e. The van der Waals surface area contributed by atoms with E-state index in [2.05, 4.69) is 29.6 Å². The summed E-state index contributed by atoms with van der Waals surface area (Å²) in [7, 11) is 3.40. The molecule has 6 nitrogen and oxygen atoms in total. The van der Waals surface area contributed by atoms with E-state index in [1.54, 1.807) is 31.6 Å². The van der Waals surface area contributed by atoms with E-state index in [4.69, 9.17) is 10.1 Å². The summed E-state index contributed by atoms with van der Waals surface area (Å²) in [6.45, 7) is 1.99. The second kappa shape index (κ2) is 8.63. The molecule has 178 valence electrons. The number of methoxy groups -OCH3 is 1. The predicted molar refractivity (Wildman–Crippen MR) is 137 cm³/mol. The normalized spacial score (nSPS) is 23.4. The van der Waals surface area contributed by atoms with Crippen molar-refractivity contribution in [2.24, 2.45) is 0 Å². The second-order valence-corrected chi connectivity index (χ2v) is 10.5. The summed E-state index contributed by atoms with van der Waals surface area (Å²) >= 11 is 1.56. The third-order valence-electron chi connectivity index (χ3n) is 7.63. The van der Waals surface area contributed by atoms with Crippen molar-refractivity contribution in [3.8, 4) is 17.2 Å². The highest BCUT2D eigenvalue weighted by molar-refractivity contribution is 7.10. The number of likely N-dealkylation sites (N-methyl/N-ethyl adjacent to an activating group) is 1. The number of thiophene rings is 1. The van der Waals surface area contributed by atoms with Gasteiger partial charge in [0.2, 0.25) is 5.91 Å². The van der Waals surface area contributed by atoms with Crippen LogP contribution in [0, 0.1) is 16.7 Å². The Balaban J connectivity index is 1.54. The molecular weight excluding hydrogens is 456 g/mol. The maximum absolute atomic E-state index is 13.6. The van der Waals surface area contributed by atoms with Gasteiger partial charge < -0.3 is 10.1 Å². The lowest BCUT2D eigenvalue weighted by Gasteiger charge is -2.45. The molecule has 2 aliphatic rings. The summed E-state index contributed by atoms with van der Waals surface area (Å²) < 4.78 is 5.83. The smallest absolute Gasteiger partial charge is 0.239 e. The van der Waals surface area contributed by atoms with Crippen molar-refractivity contribution in [2.75, 3.05) is 14.2 Å². The van der Waals surface area contributed by atoms with E-state index in [1.807, 2.05) is 42.6 Å². The summed E-state index contributed by atoms with van der Waals surface area (Å²) in [6, 6.07) is 20.0. The summed E-state index contributed by atoms with van der Waals surface area (Å²) in [5, 5.41) is 23.1. The molecule has 2 heterocycles. The van der Waals surface area contributed by atoms with Crippen LogP contribution < -0.4 is 5.32 Å². The molecule has 1 aliphatic heterocycles. The Labute approximate surface area is 209 Å². The fourth-order valence-corrected chi connectivity index (χ4v) is 6.32. The molecule has 5 rings (SSSR count). The van der Waals surface area contributed by atoms with E-state index in [0.29, 0.717) is 5.56 Å². The van der Waals surface area contributed by atoms with Crippen molar-refractivity contribution < 1.29 is 9.53 Å². The maximum atomic E-state index is 13.6. The molecule has 1 aromatic heterocycles. The van der Waals surface area contributed by atoms with Gasteiger partial charge in [0.15, 0.2) is 5.96 Å². The number of ether oxygens (including phenoxy) is 1. The highest BCUT2D eigenvalue weighted by Crippen LogP contribution is 2.47. The van der Waals surface area contributed by atoms with Gasteiger partial charge in [-0.05, 0) is 72.0 Å². The van der Waals surface area contributed by atoms with Crippen molar-refractivity contribution >= 4 is 23.2 Å². The Morgan fingerprint density at radius 1 is 1.17 bits per heavy atom. The zero-order chi connectivity index (χ0) is 24.8. The number of guanidine groups is 1. The number of carbonyl (C=O) groups is 1. The summed E-state index contributed by atoms with van der Waals surface area (Å²) in [5.41, 5.74) is 3.59. The van der Waals surface area contributed by atoms with Gasteiger partial charge in [0.1, 0.15) is 0 Å². The van der Waals surface area contributed by atoms with Crippen molar-refractivity contribution in [1.82, 2.24) is 10.2 Å². The van der Waals surface area contributed by atoms with Gasteiger partial charge in [-0.15, -0.1) is 11.3 Å². The topological polar surface area (TPSA) is 89.2 Å². The monoisotopic (exact) mass is 484 g/mol. The number of nitrogens with zero attached hydrogens (tertiary/aromatic N) is 2. The van der Waals surface area contributed by atoms with Gasteiger partial charge in [-0.3, -0.25) is 15.1 Å². The van der Waals surface area contributed by atoms with Crippen LogP contribution in [0.3, 0.4) is 0 Å². The van der Waals surface area contributed by atoms with Gasteiger partial charge in [0.25, 0.3) is 0 Å². The zero-order valence-electron chi connectivity index (χ0n) is 20.1. The molecule has 3 aromatic rings. The van der Waals surface area contributed by atoms with Crippen LogP contribution in [-0.2, 0) is 20.7 Å². The standard InChI is InChI=1S/C28H28N4O2S/c1-27(23-15-21(17-35-23)20-7-4-6-18(14-20)16-29)24(25(33)32(2)26(30)31-27)19-8-10-22(11-9-19)28(34-3)12-5-13-28/h4,6-11,14-15,17,24H,5,12-13H2,1-3H3,(H2,30,31)/t24?,27-/m1/s1. The van der Waals surface area contributed by atoms with Gasteiger partial charge in [-0.1, -0.05) is 36.4 Å². The van der Waals surface area contributed by atoms with Crippen LogP contribution in [0.15, 0.2) is 60.0 Å². The van der Waals surface area contributed by atoms with E-state index >= 15 is 0 Å². The lowest BCUT2D eigenvalue weighted by molar-refractivity contribution is -0.131. The lowest BCUT2D eigenvalue weighted by atomic mass is 9.73. The Hall–Kier alpha value is -3.47. The number of hydrogen-bond donors (Lipinski definition) is 2. The van der Waals surface area contributed by atoms with Gasteiger partial charge in [0.05, 0.1) is 28.7 Å². The highest BCUT2D eigenvalue weighted by atomic mass is 32.1. The Morgan fingerprint density at radius 2 is 1.91 bits per heavy atom. The molecule has 1 aliphatic carbocycles. The molecule has 2 atom stereocenters. The molecule has 1 amide bonds. The van der Waals surface area contributed by atoms with Crippen LogP contribution >= 0.6 is 11.3 Å². The van der Waals surface area contributed by atoms with Gasteiger partial charge in [-0.2, -0.15) is 5.26 Å². The first-order valence-corrected chi connectivity index (χ1v) is 12.6. The number of benzene rings is 2. The summed E-state index contributed by atoms with van der Waals surface area (Å²) in [6.07, 6.45) is 3.17. The van der Waals surface area contributed by atoms with Crippen molar-refractivity contribution in [1.29, 1.82) is 10.7 Å². The molecule has 7 heteroatoms. The molecule has 2 N–H and O–H groups in total. The minimum absolute atomic E-state index is 0.0830. The third-order valence-corrected chi connectivity index (χ3v) is 8.79. The first kappa shape index (κ1) is 23.3. The Kier molecular flexibility index (Phi) is 5.74. The van der Waals surface area contributed by atoms with E-state index in [-0.39, 0.29) is 17.5 Å². The molecule has 0 spiro atoms. The fourth-order valence-electron chi connectivity index (χ4n) is 5.25. The maximum Gasteiger partial charge on any atom is 0.239 e.